The summed E-state index contributed by atoms with van der Waals surface area (Å²) < 4.78 is 6.49. The van der Waals surface area contributed by atoms with Crippen molar-refractivity contribution in [3.8, 4) is 16.9 Å². The van der Waals surface area contributed by atoms with Crippen molar-refractivity contribution in [1.82, 2.24) is 14.5 Å². The van der Waals surface area contributed by atoms with Gasteiger partial charge in [0.05, 0.1) is 18.8 Å². The first kappa shape index (κ1) is 17.4. The molecule has 1 aromatic carbocycles. The van der Waals surface area contributed by atoms with Crippen molar-refractivity contribution < 1.29 is 9.53 Å². The summed E-state index contributed by atoms with van der Waals surface area (Å²) in [5.41, 5.74) is 1.44. The number of carbonyl (C=O) groups excluding carboxylic acids is 1. The Morgan fingerprint density at radius 2 is 2.04 bits per heavy atom. The summed E-state index contributed by atoms with van der Waals surface area (Å²) >= 11 is 2.72. The number of methoxy groups -OCH3 is 1. The fourth-order valence-corrected chi connectivity index (χ4v) is 4.11. The number of amides is 1. The number of rotatable bonds is 5. The number of hydrogen-bond acceptors (Lipinski definition) is 7. The molecule has 136 valence electrons. The molecule has 0 aliphatic carbocycles. The predicted octanol–water partition coefficient (Wildman–Crippen LogP) is 3.23. The summed E-state index contributed by atoms with van der Waals surface area (Å²) in [6.45, 7) is -0.126. The Hall–Kier alpha value is -3.04. The molecular weight excluding hydrogens is 384 g/mol. The highest BCUT2D eigenvalue weighted by Crippen LogP contribution is 2.31. The average Bonchev–Trinajstić information content (AvgIpc) is 3.34. The number of anilines is 1. The SMILES string of the molecule is COc1ccc(-c2csc3ncn(CC(=O)Nc4nccs4)c(=O)c23)cc1. The Morgan fingerprint density at radius 1 is 1.22 bits per heavy atom. The zero-order valence-corrected chi connectivity index (χ0v) is 15.8. The lowest BCUT2D eigenvalue weighted by Gasteiger charge is -2.06. The van der Waals surface area contributed by atoms with Gasteiger partial charge in [0.15, 0.2) is 5.13 Å². The molecule has 0 bridgehead atoms. The summed E-state index contributed by atoms with van der Waals surface area (Å²) in [6.07, 6.45) is 3.01. The van der Waals surface area contributed by atoms with Gasteiger partial charge in [0, 0.05) is 22.5 Å². The van der Waals surface area contributed by atoms with Crippen LogP contribution in [0.15, 0.2) is 52.3 Å². The molecule has 0 unspecified atom stereocenters. The minimum absolute atomic E-state index is 0.126. The van der Waals surface area contributed by atoms with E-state index in [0.717, 1.165) is 16.9 Å². The molecule has 4 aromatic rings. The third kappa shape index (κ3) is 3.46. The van der Waals surface area contributed by atoms with Gasteiger partial charge in [-0.15, -0.1) is 22.7 Å². The van der Waals surface area contributed by atoms with Crippen LogP contribution in [-0.2, 0) is 11.3 Å². The number of benzene rings is 1. The molecule has 1 N–H and O–H groups in total. The van der Waals surface area contributed by atoms with E-state index < -0.39 is 0 Å². The number of nitrogens with one attached hydrogen (secondary N) is 1. The second kappa shape index (κ2) is 7.29. The van der Waals surface area contributed by atoms with Crippen LogP contribution >= 0.6 is 22.7 Å². The van der Waals surface area contributed by atoms with Gasteiger partial charge >= 0.3 is 0 Å². The molecule has 0 saturated carbocycles. The van der Waals surface area contributed by atoms with E-state index >= 15 is 0 Å². The van der Waals surface area contributed by atoms with E-state index in [-0.39, 0.29) is 18.0 Å². The lowest BCUT2D eigenvalue weighted by atomic mass is 10.1. The summed E-state index contributed by atoms with van der Waals surface area (Å²) in [5.74, 6) is 0.419. The van der Waals surface area contributed by atoms with Crippen LogP contribution in [0.4, 0.5) is 5.13 Å². The number of hydrogen-bond donors (Lipinski definition) is 1. The van der Waals surface area contributed by atoms with Crippen LogP contribution in [0.5, 0.6) is 5.75 Å². The number of thiophene rings is 1. The molecule has 3 aromatic heterocycles. The van der Waals surface area contributed by atoms with Gasteiger partial charge in [0.1, 0.15) is 17.1 Å². The monoisotopic (exact) mass is 398 g/mol. The van der Waals surface area contributed by atoms with E-state index in [1.54, 1.807) is 18.7 Å². The van der Waals surface area contributed by atoms with Crippen molar-refractivity contribution in [3.63, 3.8) is 0 Å². The van der Waals surface area contributed by atoms with Gasteiger partial charge in [-0.1, -0.05) is 12.1 Å². The van der Waals surface area contributed by atoms with Crippen LogP contribution in [0.3, 0.4) is 0 Å². The van der Waals surface area contributed by atoms with Crippen LogP contribution < -0.4 is 15.6 Å². The van der Waals surface area contributed by atoms with E-state index in [1.807, 2.05) is 29.6 Å². The molecule has 0 aliphatic rings. The molecule has 3 heterocycles. The second-order valence-electron chi connectivity index (χ2n) is 5.62. The average molecular weight is 398 g/mol. The van der Waals surface area contributed by atoms with E-state index in [1.165, 1.54) is 33.6 Å². The van der Waals surface area contributed by atoms with Crippen LogP contribution in [0.1, 0.15) is 0 Å². The van der Waals surface area contributed by atoms with E-state index in [9.17, 15) is 9.59 Å². The molecule has 4 rings (SSSR count). The highest BCUT2D eigenvalue weighted by molar-refractivity contribution is 7.17. The first-order chi connectivity index (χ1) is 13.2. The van der Waals surface area contributed by atoms with Crippen molar-refractivity contribution >= 4 is 43.9 Å². The van der Waals surface area contributed by atoms with Gasteiger partial charge in [-0.2, -0.15) is 0 Å². The third-order valence-corrected chi connectivity index (χ3v) is 5.53. The summed E-state index contributed by atoms with van der Waals surface area (Å²) in [4.78, 5) is 34.1. The van der Waals surface area contributed by atoms with Crippen LogP contribution in [-0.4, -0.2) is 27.6 Å². The highest BCUT2D eigenvalue weighted by atomic mass is 32.1. The molecular formula is C18H14N4O3S2. The number of fused-ring (bicyclic) bond motifs is 1. The van der Waals surface area contributed by atoms with Gasteiger partial charge in [-0.3, -0.25) is 14.2 Å². The fraction of sp³-hybridized carbons (Fsp3) is 0.111. The van der Waals surface area contributed by atoms with Crippen molar-refractivity contribution in [3.05, 3.63) is 57.9 Å². The Bertz CT molecular complexity index is 1150. The number of thiazole rings is 1. The predicted molar refractivity (Wildman–Crippen MR) is 107 cm³/mol. The van der Waals surface area contributed by atoms with Crippen LogP contribution in [0.25, 0.3) is 21.3 Å². The second-order valence-corrected chi connectivity index (χ2v) is 7.37. The van der Waals surface area contributed by atoms with Crippen molar-refractivity contribution in [1.29, 1.82) is 0 Å². The minimum Gasteiger partial charge on any atom is -0.497 e. The normalized spacial score (nSPS) is 10.9. The summed E-state index contributed by atoms with van der Waals surface area (Å²) in [5, 5.41) is 7.34. The fourth-order valence-electron chi connectivity index (χ4n) is 2.66. The van der Waals surface area contributed by atoms with Crippen LogP contribution in [0, 0.1) is 0 Å². The lowest BCUT2D eigenvalue weighted by molar-refractivity contribution is -0.116. The molecule has 0 fully saturated rings. The van der Waals surface area contributed by atoms with E-state index in [0.29, 0.717) is 15.3 Å². The molecule has 0 atom stereocenters. The molecule has 1 amide bonds. The van der Waals surface area contributed by atoms with Gasteiger partial charge in [-0.05, 0) is 17.7 Å². The van der Waals surface area contributed by atoms with Gasteiger partial charge < -0.3 is 10.1 Å². The standard InChI is InChI=1S/C18H14N4O3S2/c1-25-12-4-2-11(3-5-12)13-9-27-16-15(13)17(24)22(10-20-16)8-14(23)21-18-19-6-7-26-18/h2-7,9-10H,8H2,1H3,(H,19,21,23). The maximum atomic E-state index is 13.0. The molecule has 0 spiro atoms. The molecule has 0 radical (unpaired) electrons. The molecule has 0 aliphatic heterocycles. The Morgan fingerprint density at radius 3 is 2.74 bits per heavy atom. The first-order valence-electron chi connectivity index (χ1n) is 7.96. The topological polar surface area (TPSA) is 86.1 Å². The molecule has 9 heteroatoms. The highest BCUT2D eigenvalue weighted by Gasteiger charge is 2.15. The lowest BCUT2D eigenvalue weighted by Crippen LogP contribution is -2.27. The largest absolute Gasteiger partial charge is 0.497 e. The maximum absolute atomic E-state index is 13.0. The third-order valence-electron chi connectivity index (χ3n) is 3.95. The van der Waals surface area contributed by atoms with Crippen molar-refractivity contribution in [2.75, 3.05) is 12.4 Å². The van der Waals surface area contributed by atoms with Crippen molar-refractivity contribution in [2.24, 2.45) is 0 Å². The summed E-state index contributed by atoms with van der Waals surface area (Å²) in [7, 11) is 1.61. The maximum Gasteiger partial charge on any atom is 0.263 e. The molecule has 0 saturated heterocycles. The Balaban J connectivity index is 1.68. The Labute approximate surface area is 161 Å². The number of ether oxygens (including phenoxy) is 1. The quantitative estimate of drug-likeness (QED) is 0.558. The minimum atomic E-state index is -0.325. The van der Waals surface area contributed by atoms with Gasteiger partial charge in [0.2, 0.25) is 5.91 Å². The van der Waals surface area contributed by atoms with Gasteiger partial charge in [-0.25, -0.2) is 9.97 Å². The van der Waals surface area contributed by atoms with Gasteiger partial charge in [0.25, 0.3) is 5.56 Å². The van der Waals surface area contributed by atoms with E-state index in [4.69, 9.17) is 4.74 Å². The number of nitrogens with zero attached hydrogens (tertiary/aromatic N) is 3. The van der Waals surface area contributed by atoms with E-state index in [2.05, 4.69) is 15.3 Å². The van der Waals surface area contributed by atoms with Crippen LogP contribution in [0.2, 0.25) is 0 Å². The summed E-state index contributed by atoms with van der Waals surface area (Å²) in [6, 6.07) is 7.48. The molecule has 7 nitrogen and oxygen atoms in total. The molecule has 27 heavy (non-hydrogen) atoms. The zero-order valence-electron chi connectivity index (χ0n) is 14.2. The number of carbonyl (C=O) groups is 1. The van der Waals surface area contributed by atoms with Crippen molar-refractivity contribution in [2.45, 2.75) is 6.54 Å². The number of aromatic nitrogens is 3. The smallest absolute Gasteiger partial charge is 0.263 e. The Kier molecular flexibility index (Phi) is 4.69. The first-order valence-corrected chi connectivity index (χ1v) is 9.72. The zero-order chi connectivity index (χ0) is 18.8.